The van der Waals surface area contributed by atoms with Gasteiger partial charge in [0.2, 0.25) is 0 Å². The lowest BCUT2D eigenvalue weighted by Crippen LogP contribution is -2.44. The lowest BCUT2D eigenvalue weighted by atomic mass is 10.00. The summed E-state index contributed by atoms with van der Waals surface area (Å²) in [6, 6.07) is 18.8. The quantitative estimate of drug-likeness (QED) is 0.351. The molecule has 0 aliphatic heterocycles. The molecular weight excluding hydrogens is 458 g/mol. The van der Waals surface area contributed by atoms with Gasteiger partial charge in [0, 0.05) is 17.3 Å². The third-order valence-corrected chi connectivity index (χ3v) is 5.28. The monoisotopic (exact) mass is 487 g/mol. The molecule has 3 amide bonds. The maximum Gasteiger partial charge on any atom is 0.408 e. The number of hydrogen-bond acceptors (Lipinski definition) is 5. The Morgan fingerprint density at radius 2 is 1.75 bits per heavy atom. The van der Waals surface area contributed by atoms with E-state index < -0.39 is 36.1 Å². The fourth-order valence-corrected chi connectivity index (χ4v) is 3.62. The number of nitrogens with zero attached hydrogens (tertiary/aromatic N) is 1. The molecule has 0 aliphatic rings. The summed E-state index contributed by atoms with van der Waals surface area (Å²) in [5, 5.41) is 17.8. The molecule has 3 N–H and O–H groups in total. The van der Waals surface area contributed by atoms with Gasteiger partial charge < -0.3 is 20.5 Å². The molecular formula is C28H29N3O5. The molecule has 0 aromatic heterocycles. The van der Waals surface area contributed by atoms with Gasteiger partial charge >= 0.3 is 6.09 Å². The molecule has 36 heavy (non-hydrogen) atoms. The summed E-state index contributed by atoms with van der Waals surface area (Å²) >= 11 is 0. The molecule has 3 aromatic carbocycles. The Kier molecular flexibility index (Phi) is 7.85. The standard InChI is InChI=1S/C28H29N3O5/c1-6-31(23(32)17-29-27(35)36-28(3,4)5)24(22-13-9-10-18(2)25(22)33)26(34)30-21-15-14-19-11-7-8-12-20(19)16-21/h1,7-16,24,33H,17H2,2-5H3,(H,29,35)(H,30,34). The number of carbonyl (C=O) groups excluding carboxylic acids is 3. The predicted molar refractivity (Wildman–Crippen MR) is 138 cm³/mol. The summed E-state index contributed by atoms with van der Waals surface area (Å²) in [6.07, 6.45) is 4.86. The van der Waals surface area contributed by atoms with Crippen molar-refractivity contribution in [2.24, 2.45) is 0 Å². The number of nitrogens with one attached hydrogen (secondary N) is 2. The Hall–Kier alpha value is -4.51. The van der Waals surface area contributed by atoms with Crippen LogP contribution in [0.2, 0.25) is 0 Å². The van der Waals surface area contributed by atoms with Gasteiger partial charge in [0.25, 0.3) is 11.8 Å². The summed E-state index contributed by atoms with van der Waals surface area (Å²) < 4.78 is 5.15. The SMILES string of the molecule is C#CN(C(=O)CNC(=O)OC(C)(C)C)C(C(=O)Nc1ccc2ccccc2c1)c1cccc(C)c1O. The van der Waals surface area contributed by atoms with Crippen molar-refractivity contribution in [1.82, 2.24) is 10.2 Å². The highest BCUT2D eigenvalue weighted by Crippen LogP contribution is 2.32. The molecule has 0 heterocycles. The Bertz CT molecular complexity index is 1340. The summed E-state index contributed by atoms with van der Waals surface area (Å²) in [7, 11) is 0. The van der Waals surface area contributed by atoms with Crippen molar-refractivity contribution in [1.29, 1.82) is 0 Å². The van der Waals surface area contributed by atoms with Crippen LogP contribution >= 0.6 is 0 Å². The van der Waals surface area contributed by atoms with Crippen LogP contribution in [0, 0.1) is 19.4 Å². The first-order valence-electron chi connectivity index (χ1n) is 11.3. The maximum absolute atomic E-state index is 13.5. The zero-order valence-corrected chi connectivity index (χ0v) is 20.7. The molecule has 3 rings (SSSR count). The highest BCUT2D eigenvalue weighted by molar-refractivity contribution is 6.00. The number of aromatic hydroxyl groups is 1. The highest BCUT2D eigenvalue weighted by Gasteiger charge is 2.33. The zero-order chi connectivity index (χ0) is 26.5. The average molecular weight is 488 g/mol. The Morgan fingerprint density at radius 1 is 1.06 bits per heavy atom. The maximum atomic E-state index is 13.5. The van der Waals surface area contributed by atoms with E-state index >= 15 is 0 Å². The lowest BCUT2D eigenvalue weighted by Gasteiger charge is -2.27. The molecule has 186 valence electrons. The first-order chi connectivity index (χ1) is 17.0. The van der Waals surface area contributed by atoms with Gasteiger partial charge in [-0.05, 0) is 56.2 Å². The number of hydrogen-bond donors (Lipinski definition) is 3. The van der Waals surface area contributed by atoms with Gasteiger partial charge in [-0.3, -0.25) is 14.5 Å². The van der Waals surface area contributed by atoms with Crippen molar-refractivity contribution in [2.75, 3.05) is 11.9 Å². The minimum absolute atomic E-state index is 0.150. The molecule has 0 spiro atoms. The number of carbonyl (C=O) groups is 3. The fraction of sp³-hybridized carbons (Fsp3) is 0.250. The number of alkyl carbamates (subject to hydrolysis) is 1. The van der Waals surface area contributed by atoms with Crippen LogP contribution in [0.3, 0.4) is 0 Å². The summed E-state index contributed by atoms with van der Waals surface area (Å²) in [6.45, 7) is 6.23. The minimum Gasteiger partial charge on any atom is -0.507 e. The lowest BCUT2D eigenvalue weighted by molar-refractivity contribution is -0.134. The number of rotatable bonds is 6. The zero-order valence-electron chi connectivity index (χ0n) is 20.7. The van der Waals surface area contributed by atoms with E-state index in [0.717, 1.165) is 15.7 Å². The highest BCUT2D eigenvalue weighted by atomic mass is 16.6. The van der Waals surface area contributed by atoms with Crippen LogP contribution in [-0.2, 0) is 14.3 Å². The number of anilines is 1. The number of fused-ring (bicyclic) bond motifs is 1. The van der Waals surface area contributed by atoms with Gasteiger partial charge in [0.05, 0.1) is 0 Å². The van der Waals surface area contributed by atoms with Crippen molar-refractivity contribution in [3.63, 3.8) is 0 Å². The molecule has 0 saturated heterocycles. The summed E-state index contributed by atoms with van der Waals surface area (Å²) in [4.78, 5) is 39.4. The second-order valence-corrected chi connectivity index (χ2v) is 9.21. The van der Waals surface area contributed by atoms with E-state index in [4.69, 9.17) is 11.2 Å². The van der Waals surface area contributed by atoms with E-state index in [1.165, 1.54) is 6.07 Å². The Labute approximate surface area is 210 Å². The van der Waals surface area contributed by atoms with Crippen LogP contribution < -0.4 is 10.6 Å². The normalized spacial score (nSPS) is 11.8. The third-order valence-electron chi connectivity index (χ3n) is 5.28. The van der Waals surface area contributed by atoms with Gasteiger partial charge in [-0.2, -0.15) is 0 Å². The van der Waals surface area contributed by atoms with Crippen molar-refractivity contribution in [3.8, 4) is 18.2 Å². The number of phenols is 1. The number of ether oxygens (including phenoxy) is 1. The Morgan fingerprint density at radius 3 is 2.42 bits per heavy atom. The van der Waals surface area contributed by atoms with Gasteiger partial charge in [-0.25, -0.2) is 4.79 Å². The third kappa shape index (κ3) is 6.33. The van der Waals surface area contributed by atoms with Gasteiger partial charge in [0.15, 0.2) is 6.04 Å². The van der Waals surface area contributed by atoms with Gasteiger partial charge in [-0.1, -0.05) is 55.0 Å². The summed E-state index contributed by atoms with van der Waals surface area (Å²) in [5.41, 5.74) is 0.394. The van der Waals surface area contributed by atoms with E-state index in [2.05, 4.69) is 16.7 Å². The molecule has 3 aromatic rings. The molecule has 0 fully saturated rings. The van der Waals surface area contributed by atoms with E-state index in [1.807, 2.05) is 30.3 Å². The summed E-state index contributed by atoms with van der Waals surface area (Å²) in [5.74, 6) is -1.53. The predicted octanol–water partition coefficient (Wildman–Crippen LogP) is 4.48. The van der Waals surface area contributed by atoms with E-state index in [1.54, 1.807) is 52.0 Å². The number of amides is 3. The van der Waals surface area contributed by atoms with Crippen LogP contribution in [0.5, 0.6) is 5.75 Å². The van der Waals surface area contributed by atoms with Crippen LogP contribution in [-0.4, -0.2) is 40.1 Å². The van der Waals surface area contributed by atoms with E-state index in [-0.39, 0.29) is 11.3 Å². The van der Waals surface area contributed by atoms with Crippen LogP contribution in [0.4, 0.5) is 10.5 Å². The van der Waals surface area contributed by atoms with E-state index in [0.29, 0.717) is 11.3 Å². The van der Waals surface area contributed by atoms with Crippen molar-refractivity contribution in [3.05, 3.63) is 71.8 Å². The largest absolute Gasteiger partial charge is 0.507 e. The molecule has 0 saturated carbocycles. The second kappa shape index (κ2) is 10.8. The second-order valence-electron chi connectivity index (χ2n) is 9.21. The molecule has 8 nitrogen and oxygen atoms in total. The van der Waals surface area contributed by atoms with Crippen molar-refractivity contribution >= 4 is 34.4 Å². The first-order valence-corrected chi connectivity index (χ1v) is 11.3. The number of para-hydroxylation sites is 1. The van der Waals surface area contributed by atoms with Gasteiger partial charge in [-0.15, -0.1) is 0 Å². The van der Waals surface area contributed by atoms with Crippen LogP contribution in [0.25, 0.3) is 10.8 Å². The number of aryl methyl sites for hydroxylation is 1. The molecule has 0 radical (unpaired) electrons. The first kappa shape index (κ1) is 26.1. The van der Waals surface area contributed by atoms with Crippen LogP contribution in [0.1, 0.15) is 37.9 Å². The fourth-order valence-electron chi connectivity index (χ4n) is 3.62. The van der Waals surface area contributed by atoms with Crippen molar-refractivity contribution in [2.45, 2.75) is 39.3 Å². The molecule has 0 bridgehead atoms. The smallest absolute Gasteiger partial charge is 0.408 e. The van der Waals surface area contributed by atoms with E-state index in [9.17, 15) is 19.5 Å². The van der Waals surface area contributed by atoms with Crippen molar-refractivity contribution < 1.29 is 24.2 Å². The average Bonchev–Trinajstić information content (AvgIpc) is 2.82. The minimum atomic E-state index is -1.37. The number of terminal acetylenes is 1. The van der Waals surface area contributed by atoms with Gasteiger partial charge in [0.1, 0.15) is 17.9 Å². The molecule has 0 aliphatic carbocycles. The topological polar surface area (TPSA) is 108 Å². The number of phenolic OH excluding ortho intramolecular Hbond substituents is 1. The molecule has 1 unspecified atom stereocenters. The van der Waals surface area contributed by atoms with Crippen LogP contribution in [0.15, 0.2) is 60.7 Å². The molecule has 1 atom stereocenters. The molecule has 8 heteroatoms. The number of benzene rings is 3. The Balaban J connectivity index is 1.91.